The summed E-state index contributed by atoms with van der Waals surface area (Å²) < 4.78 is 7.33. The maximum absolute atomic E-state index is 5.80. The average Bonchev–Trinajstić information content (AvgIpc) is 2.85. The number of ether oxygens (including phenoxy) is 1. The highest BCUT2D eigenvalue weighted by atomic mass is 16.5. The summed E-state index contributed by atoms with van der Waals surface area (Å²) in [4.78, 5) is 8.07. The van der Waals surface area contributed by atoms with Crippen molar-refractivity contribution in [2.45, 2.75) is 19.1 Å². The molecule has 0 aliphatic carbocycles. The molecule has 0 bridgehead atoms. The lowest BCUT2D eigenvalue weighted by Crippen LogP contribution is -2.10. The number of nitrogens with zero attached hydrogens (tertiary/aromatic N) is 4. The molecule has 0 spiro atoms. The zero-order valence-corrected chi connectivity index (χ0v) is 8.13. The molecule has 3 rings (SSSR count). The van der Waals surface area contributed by atoms with Gasteiger partial charge in [-0.15, -0.1) is 0 Å². The molecule has 1 aliphatic heterocycles. The quantitative estimate of drug-likeness (QED) is 0.742. The van der Waals surface area contributed by atoms with E-state index in [4.69, 9.17) is 10.5 Å². The Labute approximate surface area is 86.1 Å². The minimum absolute atomic E-state index is 0.0178. The lowest BCUT2D eigenvalue weighted by Gasteiger charge is -2.11. The van der Waals surface area contributed by atoms with Crippen molar-refractivity contribution in [3.05, 3.63) is 12.5 Å². The SMILES string of the molecule is Nc1ncnc2cnn(C3CCCO3)c12. The van der Waals surface area contributed by atoms with Gasteiger partial charge in [-0.1, -0.05) is 0 Å². The Hall–Kier alpha value is -1.69. The van der Waals surface area contributed by atoms with E-state index in [0.717, 1.165) is 30.5 Å². The first kappa shape index (κ1) is 8.60. The molecule has 2 aromatic heterocycles. The van der Waals surface area contributed by atoms with E-state index >= 15 is 0 Å². The topological polar surface area (TPSA) is 78.9 Å². The van der Waals surface area contributed by atoms with Gasteiger partial charge in [-0.25, -0.2) is 14.6 Å². The summed E-state index contributed by atoms with van der Waals surface area (Å²) in [5.74, 6) is 0.452. The van der Waals surface area contributed by atoms with Gasteiger partial charge >= 0.3 is 0 Å². The van der Waals surface area contributed by atoms with Gasteiger partial charge in [0, 0.05) is 6.61 Å². The normalized spacial score (nSPS) is 21.2. The number of anilines is 1. The Kier molecular flexibility index (Phi) is 1.81. The molecule has 15 heavy (non-hydrogen) atoms. The Morgan fingerprint density at radius 3 is 3.20 bits per heavy atom. The molecule has 6 heteroatoms. The van der Waals surface area contributed by atoms with Crippen LogP contribution in [0.3, 0.4) is 0 Å². The summed E-state index contributed by atoms with van der Waals surface area (Å²) in [5, 5.41) is 4.25. The smallest absolute Gasteiger partial charge is 0.153 e. The number of fused-ring (bicyclic) bond motifs is 1. The van der Waals surface area contributed by atoms with E-state index in [-0.39, 0.29) is 6.23 Å². The van der Waals surface area contributed by atoms with Gasteiger partial charge in [0.15, 0.2) is 12.0 Å². The van der Waals surface area contributed by atoms with Gasteiger partial charge in [-0.3, -0.25) is 0 Å². The first-order valence-corrected chi connectivity index (χ1v) is 4.91. The van der Waals surface area contributed by atoms with Crippen LogP contribution in [0.5, 0.6) is 0 Å². The summed E-state index contributed by atoms with van der Waals surface area (Å²) in [5.41, 5.74) is 7.33. The van der Waals surface area contributed by atoms with Crippen molar-refractivity contribution in [1.29, 1.82) is 0 Å². The molecule has 1 atom stereocenters. The molecule has 0 amide bonds. The van der Waals surface area contributed by atoms with Crippen LogP contribution < -0.4 is 5.73 Å². The molecule has 3 heterocycles. The largest absolute Gasteiger partial charge is 0.382 e. The highest BCUT2D eigenvalue weighted by Gasteiger charge is 2.21. The van der Waals surface area contributed by atoms with Crippen LogP contribution in [0.2, 0.25) is 0 Å². The Bertz CT molecular complexity index is 488. The molecule has 1 saturated heterocycles. The van der Waals surface area contributed by atoms with E-state index in [1.807, 2.05) is 0 Å². The minimum atomic E-state index is -0.0178. The average molecular weight is 205 g/mol. The fraction of sp³-hybridized carbons (Fsp3) is 0.444. The van der Waals surface area contributed by atoms with E-state index in [2.05, 4.69) is 15.1 Å². The highest BCUT2D eigenvalue weighted by molar-refractivity contribution is 5.83. The third-order valence-corrected chi connectivity index (χ3v) is 2.59. The fourth-order valence-corrected chi connectivity index (χ4v) is 1.88. The van der Waals surface area contributed by atoms with Crippen LogP contribution in [-0.2, 0) is 4.74 Å². The second-order valence-electron chi connectivity index (χ2n) is 3.55. The molecule has 0 radical (unpaired) electrons. The Morgan fingerprint density at radius 1 is 1.47 bits per heavy atom. The molecule has 0 aromatic carbocycles. The molecule has 78 valence electrons. The van der Waals surface area contributed by atoms with Crippen molar-refractivity contribution in [2.75, 3.05) is 12.3 Å². The van der Waals surface area contributed by atoms with Gasteiger partial charge in [0.25, 0.3) is 0 Å². The van der Waals surface area contributed by atoms with Crippen molar-refractivity contribution >= 4 is 16.9 Å². The second kappa shape index (κ2) is 3.16. The molecular formula is C9H11N5O. The van der Waals surface area contributed by atoms with Crippen molar-refractivity contribution in [1.82, 2.24) is 19.7 Å². The first-order valence-electron chi connectivity index (χ1n) is 4.91. The Balaban J connectivity index is 2.18. The van der Waals surface area contributed by atoms with Crippen LogP contribution in [0, 0.1) is 0 Å². The van der Waals surface area contributed by atoms with Crippen LogP contribution in [0.15, 0.2) is 12.5 Å². The summed E-state index contributed by atoms with van der Waals surface area (Å²) in [6.45, 7) is 0.777. The molecule has 1 fully saturated rings. The van der Waals surface area contributed by atoms with Gasteiger partial charge < -0.3 is 10.5 Å². The summed E-state index contributed by atoms with van der Waals surface area (Å²) in [7, 11) is 0. The fourth-order valence-electron chi connectivity index (χ4n) is 1.88. The maximum atomic E-state index is 5.80. The van der Waals surface area contributed by atoms with Gasteiger partial charge in [-0.05, 0) is 12.8 Å². The summed E-state index contributed by atoms with van der Waals surface area (Å²) >= 11 is 0. The molecular weight excluding hydrogens is 194 g/mol. The molecule has 6 nitrogen and oxygen atoms in total. The van der Waals surface area contributed by atoms with Gasteiger partial charge in [-0.2, -0.15) is 5.10 Å². The Morgan fingerprint density at radius 2 is 2.40 bits per heavy atom. The van der Waals surface area contributed by atoms with E-state index in [9.17, 15) is 0 Å². The molecule has 2 N–H and O–H groups in total. The van der Waals surface area contributed by atoms with Crippen molar-refractivity contribution in [3.8, 4) is 0 Å². The van der Waals surface area contributed by atoms with E-state index in [0.29, 0.717) is 5.82 Å². The summed E-state index contributed by atoms with van der Waals surface area (Å²) in [6.07, 6.45) is 5.13. The number of rotatable bonds is 1. The highest BCUT2D eigenvalue weighted by Crippen LogP contribution is 2.27. The van der Waals surface area contributed by atoms with E-state index in [1.165, 1.54) is 6.33 Å². The van der Waals surface area contributed by atoms with Crippen LogP contribution >= 0.6 is 0 Å². The third-order valence-electron chi connectivity index (χ3n) is 2.59. The standard InChI is InChI=1S/C9H11N5O/c10-9-8-6(11-5-12-9)4-13-14(8)7-2-1-3-15-7/h4-5,7H,1-3H2,(H2,10,11,12). The van der Waals surface area contributed by atoms with Gasteiger partial charge in [0.1, 0.15) is 17.4 Å². The number of aromatic nitrogens is 4. The van der Waals surface area contributed by atoms with Crippen molar-refractivity contribution in [2.24, 2.45) is 0 Å². The molecule has 2 aromatic rings. The summed E-state index contributed by atoms with van der Waals surface area (Å²) in [6, 6.07) is 0. The van der Waals surface area contributed by atoms with Crippen LogP contribution in [0.25, 0.3) is 11.0 Å². The van der Waals surface area contributed by atoms with E-state index in [1.54, 1.807) is 10.9 Å². The number of hydrogen-bond acceptors (Lipinski definition) is 5. The predicted octanol–water partition coefficient (Wildman–Crippen LogP) is 0.717. The van der Waals surface area contributed by atoms with Crippen molar-refractivity contribution < 1.29 is 4.74 Å². The number of nitrogens with two attached hydrogens (primary N) is 1. The van der Waals surface area contributed by atoms with Gasteiger partial charge in [0.2, 0.25) is 0 Å². The molecule has 1 unspecified atom stereocenters. The van der Waals surface area contributed by atoms with E-state index < -0.39 is 0 Å². The minimum Gasteiger partial charge on any atom is -0.382 e. The number of nitrogen functional groups attached to an aromatic ring is 1. The zero-order valence-electron chi connectivity index (χ0n) is 8.13. The van der Waals surface area contributed by atoms with Gasteiger partial charge in [0.05, 0.1) is 6.20 Å². The van der Waals surface area contributed by atoms with Crippen LogP contribution in [0.1, 0.15) is 19.1 Å². The van der Waals surface area contributed by atoms with Crippen LogP contribution in [-0.4, -0.2) is 26.4 Å². The predicted molar refractivity (Wildman–Crippen MR) is 54.0 cm³/mol. The third kappa shape index (κ3) is 1.25. The number of hydrogen-bond donors (Lipinski definition) is 1. The second-order valence-corrected chi connectivity index (χ2v) is 3.55. The maximum Gasteiger partial charge on any atom is 0.153 e. The monoisotopic (exact) mass is 205 g/mol. The van der Waals surface area contributed by atoms with Crippen molar-refractivity contribution in [3.63, 3.8) is 0 Å². The first-order chi connectivity index (χ1) is 7.36. The zero-order chi connectivity index (χ0) is 10.3. The lowest BCUT2D eigenvalue weighted by atomic mass is 10.3. The van der Waals surface area contributed by atoms with Crippen LogP contribution in [0.4, 0.5) is 5.82 Å². The molecule has 0 saturated carbocycles. The molecule has 1 aliphatic rings. The lowest BCUT2D eigenvalue weighted by molar-refractivity contribution is 0.0504.